The number of anilines is 3. The summed E-state index contributed by atoms with van der Waals surface area (Å²) in [5.41, 5.74) is 1.25. The van der Waals surface area contributed by atoms with E-state index < -0.39 is 0 Å². The quantitative estimate of drug-likeness (QED) is 0.751. The summed E-state index contributed by atoms with van der Waals surface area (Å²) in [5, 5.41) is 3.71. The molecule has 160 valence electrons. The first-order valence-corrected chi connectivity index (χ1v) is 10.5. The van der Waals surface area contributed by atoms with Crippen molar-refractivity contribution in [2.24, 2.45) is 0 Å². The van der Waals surface area contributed by atoms with Crippen molar-refractivity contribution in [1.82, 2.24) is 14.9 Å². The zero-order valence-corrected chi connectivity index (χ0v) is 18.0. The smallest absolute Gasteiger partial charge is 0.254 e. The molecule has 1 aliphatic carbocycles. The summed E-state index contributed by atoms with van der Waals surface area (Å²) in [6, 6.07) is 5.78. The Kier molecular flexibility index (Phi) is 6.24. The van der Waals surface area contributed by atoms with Gasteiger partial charge in [0.1, 0.15) is 10.8 Å². The van der Waals surface area contributed by atoms with Gasteiger partial charge in [-0.3, -0.25) is 4.79 Å². The maximum Gasteiger partial charge on any atom is 0.254 e. The Morgan fingerprint density at radius 3 is 2.77 bits per heavy atom. The van der Waals surface area contributed by atoms with Crippen LogP contribution in [0.25, 0.3) is 0 Å². The van der Waals surface area contributed by atoms with Gasteiger partial charge in [0.05, 0.1) is 32.2 Å². The van der Waals surface area contributed by atoms with Crippen LogP contribution in [0.1, 0.15) is 29.6 Å². The highest BCUT2D eigenvalue weighted by Gasteiger charge is 2.25. The fraction of sp³-hybridized carbons (Fsp3) is 0.476. The van der Waals surface area contributed by atoms with Crippen LogP contribution in [-0.2, 0) is 4.74 Å². The molecule has 4 rings (SSSR count). The summed E-state index contributed by atoms with van der Waals surface area (Å²) in [6.45, 7) is 2.32. The van der Waals surface area contributed by atoms with Crippen LogP contribution in [0.3, 0.4) is 0 Å². The van der Waals surface area contributed by atoms with Gasteiger partial charge in [-0.2, -0.15) is 4.98 Å². The molecule has 8 nitrogen and oxygen atoms in total. The molecular formula is C21H26ClN5O3. The Balaban J connectivity index is 1.53. The second-order valence-electron chi connectivity index (χ2n) is 7.51. The Bertz CT molecular complexity index is 916. The lowest BCUT2D eigenvalue weighted by Gasteiger charge is -2.35. The van der Waals surface area contributed by atoms with Crippen molar-refractivity contribution < 1.29 is 14.3 Å². The first kappa shape index (κ1) is 20.7. The van der Waals surface area contributed by atoms with E-state index in [-0.39, 0.29) is 5.91 Å². The lowest BCUT2D eigenvalue weighted by molar-refractivity contribution is 0.0302. The molecule has 2 heterocycles. The molecule has 0 atom stereocenters. The highest BCUT2D eigenvalue weighted by atomic mass is 35.5. The Morgan fingerprint density at radius 2 is 2.10 bits per heavy atom. The average molecular weight is 432 g/mol. The zero-order chi connectivity index (χ0) is 21.1. The second kappa shape index (κ2) is 9.06. The Labute approximate surface area is 181 Å². The number of nitrogens with zero attached hydrogens (tertiary/aromatic N) is 4. The van der Waals surface area contributed by atoms with Crippen molar-refractivity contribution in [3.05, 3.63) is 35.0 Å². The molecule has 1 aromatic carbocycles. The summed E-state index contributed by atoms with van der Waals surface area (Å²) in [4.78, 5) is 25.5. The van der Waals surface area contributed by atoms with Crippen LogP contribution in [0.5, 0.6) is 5.75 Å². The van der Waals surface area contributed by atoms with Gasteiger partial charge in [-0.25, -0.2) is 4.98 Å². The number of carbonyl (C=O) groups excluding carboxylic acids is 1. The number of benzene rings is 1. The van der Waals surface area contributed by atoms with Crippen molar-refractivity contribution in [1.29, 1.82) is 0 Å². The predicted octanol–water partition coefficient (Wildman–Crippen LogP) is 3.34. The molecule has 0 unspecified atom stereocenters. The van der Waals surface area contributed by atoms with Crippen molar-refractivity contribution >= 4 is 35.0 Å². The topological polar surface area (TPSA) is 79.8 Å². The van der Waals surface area contributed by atoms with Crippen LogP contribution in [0.4, 0.5) is 17.5 Å². The molecule has 1 amide bonds. The van der Waals surface area contributed by atoms with Gasteiger partial charge >= 0.3 is 0 Å². The maximum atomic E-state index is 12.7. The number of carbonyl (C=O) groups is 1. The van der Waals surface area contributed by atoms with E-state index in [1.165, 1.54) is 6.42 Å². The minimum atomic E-state index is -0.0321. The number of amides is 1. The molecule has 2 aromatic rings. The molecule has 1 N–H and O–H groups in total. The van der Waals surface area contributed by atoms with Gasteiger partial charge in [-0.15, -0.1) is 0 Å². The van der Waals surface area contributed by atoms with Gasteiger partial charge in [0.15, 0.2) is 5.82 Å². The third-order valence-corrected chi connectivity index (χ3v) is 5.94. The fourth-order valence-corrected chi connectivity index (χ4v) is 3.83. The van der Waals surface area contributed by atoms with Gasteiger partial charge in [0.2, 0.25) is 5.95 Å². The number of halogens is 1. The van der Waals surface area contributed by atoms with Crippen molar-refractivity contribution in [2.45, 2.75) is 25.3 Å². The lowest BCUT2D eigenvalue weighted by Crippen LogP contribution is -2.40. The number of hydrogen-bond donors (Lipinski definition) is 1. The van der Waals surface area contributed by atoms with Crippen molar-refractivity contribution in [3.63, 3.8) is 0 Å². The number of rotatable bonds is 6. The Hall–Kier alpha value is -2.58. The highest BCUT2D eigenvalue weighted by Crippen LogP contribution is 2.33. The molecule has 2 fully saturated rings. The molecule has 1 saturated carbocycles. The highest BCUT2D eigenvalue weighted by molar-refractivity contribution is 6.32. The summed E-state index contributed by atoms with van der Waals surface area (Å²) in [7, 11) is 3.58. The monoisotopic (exact) mass is 431 g/mol. The van der Waals surface area contributed by atoms with E-state index in [0.717, 1.165) is 12.8 Å². The minimum Gasteiger partial charge on any atom is -0.495 e. The standard InChI is InChI=1S/C21H26ClN5O3/c1-26(15-4-3-5-15)19-16(22)13-23-21(25-19)24-17-7-6-14(12-18(17)29-2)20(28)27-8-10-30-11-9-27/h6-7,12-13,15H,3-5,8-11H2,1-2H3,(H,23,24,25). The minimum absolute atomic E-state index is 0.0321. The lowest BCUT2D eigenvalue weighted by atomic mass is 9.92. The fourth-order valence-electron chi connectivity index (χ4n) is 3.61. The van der Waals surface area contributed by atoms with Gasteiger partial charge in [-0.1, -0.05) is 11.6 Å². The number of nitrogens with one attached hydrogen (secondary N) is 1. The van der Waals surface area contributed by atoms with E-state index in [4.69, 9.17) is 21.1 Å². The van der Waals surface area contributed by atoms with E-state index in [0.29, 0.717) is 66.1 Å². The van der Waals surface area contributed by atoms with Crippen LogP contribution < -0.4 is 15.0 Å². The molecule has 1 aromatic heterocycles. The maximum absolute atomic E-state index is 12.7. The van der Waals surface area contributed by atoms with Crippen LogP contribution in [0.2, 0.25) is 5.02 Å². The normalized spacial score (nSPS) is 16.7. The molecule has 0 spiro atoms. The summed E-state index contributed by atoms with van der Waals surface area (Å²) in [5.74, 6) is 1.64. The zero-order valence-electron chi connectivity index (χ0n) is 17.2. The summed E-state index contributed by atoms with van der Waals surface area (Å²) < 4.78 is 10.8. The van der Waals surface area contributed by atoms with E-state index in [2.05, 4.69) is 20.2 Å². The van der Waals surface area contributed by atoms with E-state index >= 15 is 0 Å². The number of methoxy groups -OCH3 is 1. The number of hydrogen-bond acceptors (Lipinski definition) is 7. The SMILES string of the molecule is COc1cc(C(=O)N2CCOCC2)ccc1Nc1ncc(Cl)c(N(C)C2CCC2)n1. The van der Waals surface area contributed by atoms with Gasteiger partial charge in [0, 0.05) is 31.7 Å². The Morgan fingerprint density at radius 1 is 1.33 bits per heavy atom. The first-order chi connectivity index (χ1) is 14.6. The van der Waals surface area contributed by atoms with E-state index in [1.54, 1.807) is 36.4 Å². The third kappa shape index (κ3) is 4.29. The predicted molar refractivity (Wildman–Crippen MR) is 116 cm³/mol. The van der Waals surface area contributed by atoms with Crippen molar-refractivity contribution in [2.75, 3.05) is 50.7 Å². The van der Waals surface area contributed by atoms with E-state index in [1.807, 2.05) is 7.05 Å². The average Bonchev–Trinajstić information content (AvgIpc) is 2.74. The van der Waals surface area contributed by atoms with Gasteiger partial charge in [0.25, 0.3) is 5.91 Å². The molecule has 0 bridgehead atoms. The van der Waals surface area contributed by atoms with Gasteiger partial charge in [-0.05, 0) is 37.5 Å². The molecule has 1 aliphatic heterocycles. The second-order valence-corrected chi connectivity index (χ2v) is 7.91. The van der Waals surface area contributed by atoms with Crippen molar-refractivity contribution in [3.8, 4) is 5.75 Å². The third-order valence-electron chi connectivity index (χ3n) is 5.68. The number of aromatic nitrogens is 2. The van der Waals surface area contributed by atoms with Crippen LogP contribution in [0, 0.1) is 0 Å². The first-order valence-electron chi connectivity index (χ1n) is 10.1. The van der Waals surface area contributed by atoms with Crippen LogP contribution >= 0.6 is 11.6 Å². The number of morpholine rings is 1. The number of ether oxygens (including phenoxy) is 2. The van der Waals surface area contributed by atoms with E-state index in [9.17, 15) is 4.79 Å². The molecular weight excluding hydrogens is 406 g/mol. The largest absolute Gasteiger partial charge is 0.495 e. The molecule has 1 saturated heterocycles. The summed E-state index contributed by atoms with van der Waals surface area (Å²) in [6.07, 6.45) is 5.12. The molecule has 2 aliphatic rings. The van der Waals surface area contributed by atoms with Crippen LogP contribution in [-0.4, -0.2) is 67.3 Å². The summed E-state index contributed by atoms with van der Waals surface area (Å²) >= 11 is 6.34. The van der Waals surface area contributed by atoms with Gasteiger partial charge < -0.3 is 24.6 Å². The molecule has 30 heavy (non-hydrogen) atoms. The molecule has 0 radical (unpaired) electrons. The molecule has 9 heteroatoms. The van der Waals surface area contributed by atoms with Crippen LogP contribution in [0.15, 0.2) is 24.4 Å².